The maximum atomic E-state index is 13.1. The molecule has 1 N–H and O–H groups in total. The lowest BCUT2D eigenvalue weighted by Crippen LogP contribution is -2.44. The third kappa shape index (κ3) is 4.98. The first-order chi connectivity index (χ1) is 15.2. The quantitative estimate of drug-likeness (QED) is 0.627. The number of carbonyl (C=O) groups is 1. The molecule has 4 rings (SSSR count). The fraction of sp³-hybridized carbons (Fsp3) is 0.391. The average Bonchev–Trinajstić information content (AvgIpc) is 2.80. The van der Waals surface area contributed by atoms with E-state index < -0.39 is 0 Å². The van der Waals surface area contributed by atoms with Crippen LogP contribution in [-0.2, 0) is 4.74 Å². The Morgan fingerprint density at radius 1 is 1.19 bits per heavy atom. The van der Waals surface area contributed by atoms with Crippen LogP contribution in [0, 0.1) is 6.92 Å². The number of hydrogen-bond acceptors (Lipinski definition) is 7. The minimum absolute atomic E-state index is 0.0221. The van der Waals surface area contributed by atoms with Gasteiger partial charge in [-0.2, -0.15) is 0 Å². The number of amides is 1. The number of nitrogens with one attached hydrogen (secondary N) is 1. The van der Waals surface area contributed by atoms with Crippen molar-refractivity contribution in [2.75, 3.05) is 39.5 Å². The minimum Gasteiger partial charge on any atom is -0.478 e. The summed E-state index contributed by atoms with van der Waals surface area (Å²) in [4.78, 5) is 28.6. The van der Waals surface area contributed by atoms with E-state index in [4.69, 9.17) is 9.47 Å². The van der Waals surface area contributed by atoms with E-state index in [1.54, 1.807) is 6.07 Å². The van der Waals surface area contributed by atoms with Crippen molar-refractivity contribution in [3.8, 4) is 5.88 Å². The van der Waals surface area contributed by atoms with E-state index in [1.807, 2.05) is 50.5 Å². The summed E-state index contributed by atoms with van der Waals surface area (Å²) in [5.41, 5.74) is 2.30. The van der Waals surface area contributed by atoms with E-state index in [-0.39, 0.29) is 11.9 Å². The second-order valence-electron chi connectivity index (χ2n) is 7.39. The van der Waals surface area contributed by atoms with Gasteiger partial charge in [0, 0.05) is 54.6 Å². The highest BCUT2D eigenvalue weighted by Gasteiger charge is 2.24. The van der Waals surface area contributed by atoms with E-state index in [0.29, 0.717) is 37.8 Å². The number of hydrogen-bond donors (Lipinski definition) is 1. The van der Waals surface area contributed by atoms with E-state index in [2.05, 4.69) is 25.2 Å². The Balaban J connectivity index is 1.54. The van der Waals surface area contributed by atoms with E-state index in [9.17, 15) is 4.79 Å². The van der Waals surface area contributed by atoms with Crippen molar-refractivity contribution >= 4 is 16.8 Å². The lowest BCUT2D eigenvalue weighted by Gasteiger charge is -2.34. The van der Waals surface area contributed by atoms with Gasteiger partial charge in [-0.3, -0.25) is 9.69 Å². The lowest BCUT2D eigenvalue weighted by molar-refractivity contribution is 0.0161. The molecule has 1 aliphatic heterocycles. The first-order valence-corrected chi connectivity index (χ1v) is 10.6. The molecular formula is C23H27N5O3. The lowest BCUT2D eigenvalue weighted by atomic mass is 10.1. The van der Waals surface area contributed by atoms with Gasteiger partial charge in [0.1, 0.15) is 5.82 Å². The molecule has 1 aromatic carbocycles. The number of ether oxygens (including phenoxy) is 2. The monoisotopic (exact) mass is 421 g/mol. The van der Waals surface area contributed by atoms with Gasteiger partial charge < -0.3 is 14.8 Å². The van der Waals surface area contributed by atoms with Crippen LogP contribution in [0.4, 0.5) is 0 Å². The SMILES string of the molecule is CCOc1ccc2c(C(=O)NCC(c3cnc(C)nc3)N3CCOCC3)cccc2n1. The van der Waals surface area contributed by atoms with Gasteiger partial charge >= 0.3 is 0 Å². The summed E-state index contributed by atoms with van der Waals surface area (Å²) in [6.07, 6.45) is 3.68. The van der Waals surface area contributed by atoms with Gasteiger partial charge in [0.05, 0.1) is 31.4 Å². The van der Waals surface area contributed by atoms with Gasteiger partial charge in [0.15, 0.2) is 0 Å². The molecule has 1 saturated heterocycles. The molecule has 3 aromatic rings. The van der Waals surface area contributed by atoms with Crippen LogP contribution in [0.3, 0.4) is 0 Å². The van der Waals surface area contributed by atoms with Crippen molar-refractivity contribution < 1.29 is 14.3 Å². The molecule has 3 heterocycles. The van der Waals surface area contributed by atoms with Gasteiger partial charge in [0.2, 0.25) is 5.88 Å². The summed E-state index contributed by atoms with van der Waals surface area (Å²) >= 11 is 0. The molecule has 0 aliphatic carbocycles. The summed E-state index contributed by atoms with van der Waals surface area (Å²) < 4.78 is 11.0. The Labute approximate surface area is 181 Å². The number of benzene rings is 1. The second-order valence-corrected chi connectivity index (χ2v) is 7.39. The van der Waals surface area contributed by atoms with Crippen LogP contribution >= 0.6 is 0 Å². The van der Waals surface area contributed by atoms with Crippen LogP contribution in [0.2, 0.25) is 0 Å². The molecule has 31 heavy (non-hydrogen) atoms. The van der Waals surface area contributed by atoms with Crippen LogP contribution in [0.5, 0.6) is 5.88 Å². The third-order valence-corrected chi connectivity index (χ3v) is 5.37. The standard InChI is InChI=1S/C23H27N5O3/c1-3-31-22-8-7-18-19(5-4-6-20(18)27-22)23(29)26-15-21(28-9-11-30-12-10-28)17-13-24-16(2)25-14-17/h4-8,13-14,21H,3,9-12,15H2,1-2H3,(H,26,29). The highest BCUT2D eigenvalue weighted by Crippen LogP contribution is 2.23. The number of carbonyl (C=O) groups excluding carboxylic acids is 1. The largest absolute Gasteiger partial charge is 0.478 e. The molecule has 1 aliphatic rings. The zero-order valence-electron chi connectivity index (χ0n) is 17.9. The molecule has 1 amide bonds. The summed E-state index contributed by atoms with van der Waals surface area (Å²) in [5.74, 6) is 1.14. The van der Waals surface area contributed by atoms with Crippen LogP contribution in [-0.4, -0.2) is 65.2 Å². The van der Waals surface area contributed by atoms with Gasteiger partial charge in [-0.05, 0) is 32.0 Å². The number of nitrogens with zero attached hydrogens (tertiary/aromatic N) is 4. The predicted molar refractivity (Wildman–Crippen MR) is 117 cm³/mol. The van der Waals surface area contributed by atoms with E-state index in [0.717, 1.165) is 35.4 Å². The smallest absolute Gasteiger partial charge is 0.252 e. The van der Waals surface area contributed by atoms with Gasteiger partial charge in [-0.25, -0.2) is 15.0 Å². The topological polar surface area (TPSA) is 89.5 Å². The van der Waals surface area contributed by atoms with Crippen LogP contribution in [0.1, 0.15) is 34.7 Å². The van der Waals surface area contributed by atoms with E-state index >= 15 is 0 Å². The van der Waals surface area contributed by atoms with Crippen molar-refractivity contribution in [3.63, 3.8) is 0 Å². The number of morpholine rings is 1. The summed E-state index contributed by atoms with van der Waals surface area (Å²) in [7, 11) is 0. The molecule has 0 bridgehead atoms. The normalized spacial score (nSPS) is 15.5. The molecule has 8 heteroatoms. The Morgan fingerprint density at radius 3 is 2.71 bits per heavy atom. The molecule has 8 nitrogen and oxygen atoms in total. The number of rotatable bonds is 7. The predicted octanol–water partition coefficient (Wildman–Crippen LogP) is 2.54. The molecule has 0 saturated carbocycles. The average molecular weight is 422 g/mol. The van der Waals surface area contributed by atoms with Gasteiger partial charge in [-0.1, -0.05) is 6.07 Å². The van der Waals surface area contributed by atoms with E-state index in [1.165, 1.54) is 0 Å². The zero-order chi connectivity index (χ0) is 21.6. The fourth-order valence-corrected chi connectivity index (χ4v) is 3.77. The number of aryl methyl sites for hydroxylation is 1. The Kier molecular flexibility index (Phi) is 6.69. The Hall–Kier alpha value is -3.10. The molecule has 2 aromatic heterocycles. The maximum Gasteiger partial charge on any atom is 0.252 e. The van der Waals surface area contributed by atoms with Crippen LogP contribution in [0.25, 0.3) is 10.9 Å². The third-order valence-electron chi connectivity index (χ3n) is 5.37. The summed E-state index contributed by atoms with van der Waals surface area (Å²) in [6.45, 7) is 7.72. The molecule has 1 unspecified atom stereocenters. The summed E-state index contributed by atoms with van der Waals surface area (Å²) in [6, 6.07) is 9.20. The molecule has 0 radical (unpaired) electrons. The first-order valence-electron chi connectivity index (χ1n) is 10.6. The molecule has 0 spiro atoms. The van der Waals surface area contributed by atoms with Crippen molar-refractivity contribution in [3.05, 3.63) is 59.7 Å². The highest BCUT2D eigenvalue weighted by atomic mass is 16.5. The Bertz CT molecular complexity index is 1040. The molecule has 1 fully saturated rings. The molecule has 1 atom stereocenters. The van der Waals surface area contributed by atoms with Crippen molar-refractivity contribution in [1.82, 2.24) is 25.2 Å². The molecule has 162 valence electrons. The minimum atomic E-state index is -0.136. The number of aromatic nitrogens is 3. The van der Waals surface area contributed by atoms with Gasteiger partial charge in [-0.15, -0.1) is 0 Å². The maximum absolute atomic E-state index is 13.1. The number of pyridine rings is 1. The zero-order valence-corrected chi connectivity index (χ0v) is 17.9. The fourth-order valence-electron chi connectivity index (χ4n) is 3.77. The first kappa shape index (κ1) is 21.1. The van der Waals surface area contributed by atoms with Crippen LogP contribution < -0.4 is 10.1 Å². The second kappa shape index (κ2) is 9.80. The number of fused-ring (bicyclic) bond motifs is 1. The van der Waals surface area contributed by atoms with Crippen LogP contribution in [0.15, 0.2) is 42.7 Å². The van der Waals surface area contributed by atoms with Gasteiger partial charge in [0.25, 0.3) is 5.91 Å². The Morgan fingerprint density at radius 2 is 1.97 bits per heavy atom. The van der Waals surface area contributed by atoms with Crippen molar-refractivity contribution in [1.29, 1.82) is 0 Å². The van der Waals surface area contributed by atoms with Crippen molar-refractivity contribution in [2.45, 2.75) is 19.9 Å². The highest BCUT2D eigenvalue weighted by molar-refractivity contribution is 6.06. The summed E-state index contributed by atoms with van der Waals surface area (Å²) in [5, 5.41) is 3.90. The van der Waals surface area contributed by atoms with Crippen molar-refractivity contribution in [2.24, 2.45) is 0 Å². The molecular weight excluding hydrogens is 394 g/mol.